The molecule has 1 N–H and O–H groups in total. The molecule has 0 unspecified atom stereocenters. The lowest BCUT2D eigenvalue weighted by Crippen LogP contribution is -2.50. The number of aliphatic carboxylic acids is 1. The van der Waals surface area contributed by atoms with Crippen LogP contribution in [0.5, 0.6) is 0 Å². The average Bonchev–Trinajstić information content (AvgIpc) is 2.75. The number of amides is 1. The van der Waals surface area contributed by atoms with Gasteiger partial charge in [-0.25, -0.2) is 0 Å². The molecule has 20 heavy (non-hydrogen) atoms. The van der Waals surface area contributed by atoms with Gasteiger partial charge in [-0.3, -0.25) is 9.59 Å². The molecule has 1 saturated heterocycles. The number of carbonyl (C=O) groups is 2. The van der Waals surface area contributed by atoms with Gasteiger partial charge >= 0.3 is 5.97 Å². The van der Waals surface area contributed by atoms with Crippen LogP contribution in [0.4, 0.5) is 0 Å². The number of fused-ring (bicyclic) bond motifs is 1. The Balaban J connectivity index is 1.72. The average molecular weight is 273 g/mol. The van der Waals surface area contributed by atoms with E-state index >= 15 is 0 Å². The molecular weight excluding hydrogens is 258 g/mol. The highest BCUT2D eigenvalue weighted by Crippen LogP contribution is 2.25. The zero-order valence-corrected chi connectivity index (χ0v) is 11.1. The van der Waals surface area contributed by atoms with Crippen LogP contribution in [0, 0.1) is 12.8 Å². The van der Waals surface area contributed by atoms with Crippen molar-refractivity contribution in [3.05, 3.63) is 35.6 Å². The Hall–Kier alpha value is -2.30. The maximum absolute atomic E-state index is 12.2. The molecule has 0 atom stereocenters. The first kappa shape index (κ1) is 12.7. The van der Waals surface area contributed by atoms with E-state index in [0.29, 0.717) is 24.4 Å². The van der Waals surface area contributed by atoms with Crippen LogP contribution < -0.4 is 0 Å². The van der Waals surface area contributed by atoms with E-state index in [1.54, 1.807) is 11.0 Å². The highest BCUT2D eigenvalue weighted by molar-refractivity contribution is 5.96. The van der Waals surface area contributed by atoms with E-state index in [1.807, 2.05) is 25.1 Å². The van der Waals surface area contributed by atoms with Gasteiger partial charge in [0.1, 0.15) is 5.58 Å². The number of benzene rings is 1. The van der Waals surface area contributed by atoms with Crippen molar-refractivity contribution in [2.24, 2.45) is 5.92 Å². The Labute approximate surface area is 115 Å². The molecule has 3 rings (SSSR count). The van der Waals surface area contributed by atoms with Crippen molar-refractivity contribution >= 4 is 22.8 Å². The van der Waals surface area contributed by atoms with Gasteiger partial charge in [0.2, 0.25) is 0 Å². The topological polar surface area (TPSA) is 70.8 Å². The van der Waals surface area contributed by atoms with Gasteiger partial charge in [-0.05, 0) is 25.1 Å². The van der Waals surface area contributed by atoms with Crippen LogP contribution in [0.3, 0.4) is 0 Å². The number of carboxylic acid groups (broad SMARTS) is 1. The number of hydrogen-bond acceptors (Lipinski definition) is 3. The van der Waals surface area contributed by atoms with Crippen LogP contribution in [-0.2, 0) is 4.79 Å². The summed E-state index contributed by atoms with van der Waals surface area (Å²) < 4.78 is 5.55. The van der Waals surface area contributed by atoms with E-state index in [1.165, 1.54) is 0 Å². The molecule has 0 radical (unpaired) electrons. The lowest BCUT2D eigenvalue weighted by atomic mass is 9.96. The monoisotopic (exact) mass is 273 g/mol. The highest BCUT2D eigenvalue weighted by atomic mass is 16.4. The first-order chi connectivity index (χ1) is 9.52. The van der Waals surface area contributed by atoms with Crippen molar-refractivity contribution < 1.29 is 19.1 Å². The maximum atomic E-state index is 12.2. The predicted molar refractivity (Wildman–Crippen MR) is 72.6 cm³/mol. The number of likely N-dealkylation sites (tertiary alicyclic amines) is 1. The smallest absolute Gasteiger partial charge is 0.303 e. The Morgan fingerprint density at radius 1 is 1.35 bits per heavy atom. The number of aryl methyl sites for hydroxylation is 1. The molecule has 1 amide bonds. The fourth-order valence-corrected chi connectivity index (χ4v) is 2.54. The Morgan fingerprint density at radius 3 is 2.80 bits per heavy atom. The van der Waals surface area contributed by atoms with Crippen LogP contribution in [0.15, 0.2) is 28.7 Å². The predicted octanol–water partition coefficient (Wildman–Crippen LogP) is 2.29. The molecule has 104 valence electrons. The normalized spacial score (nSPS) is 15.3. The summed E-state index contributed by atoms with van der Waals surface area (Å²) in [5, 5.41) is 9.60. The molecule has 2 heterocycles. The third-order valence-electron chi connectivity index (χ3n) is 3.59. The highest BCUT2D eigenvalue weighted by Gasteiger charge is 2.33. The van der Waals surface area contributed by atoms with Gasteiger partial charge < -0.3 is 14.4 Å². The van der Waals surface area contributed by atoms with E-state index in [0.717, 1.165) is 10.9 Å². The summed E-state index contributed by atoms with van der Waals surface area (Å²) in [4.78, 5) is 24.4. The summed E-state index contributed by atoms with van der Waals surface area (Å²) >= 11 is 0. The number of hydrogen-bond donors (Lipinski definition) is 1. The summed E-state index contributed by atoms with van der Waals surface area (Å²) in [7, 11) is 0. The lowest BCUT2D eigenvalue weighted by molar-refractivity contribution is -0.139. The molecule has 5 nitrogen and oxygen atoms in total. The summed E-state index contributed by atoms with van der Waals surface area (Å²) in [6, 6.07) is 7.51. The Kier molecular flexibility index (Phi) is 2.97. The lowest BCUT2D eigenvalue weighted by Gasteiger charge is -2.37. The second-order valence-corrected chi connectivity index (χ2v) is 5.33. The quantitative estimate of drug-likeness (QED) is 0.931. The molecular formula is C15H15NO4. The fraction of sp³-hybridized carbons (Fsp3) is 0.333. The van der Waals surface area contributed by atoms with Crippen molar-refractivity contribution in [1.82, 2.24) is 4.90 Å². The molecule has 1 aromatic heterocycles. The minimum atomic E-state index is -0.818. The number of carboxylic acids is 1. The van der Waals surface area contributed by atoms with Crippen molar-refractivity contribution in [1.29, 1.82) is 0 Å². The summed E-state index contributed by atoms with van der Waals surface area (Å²) in [5.74, 6) is -0.607. The number of furan rings is 1. The third-order valence-corrected chi connectivity index (χ3v) is 3.59. The van der Waals surface area contributed by atoms with Crippen LogP contribution in [0.1, 0.15) is 22.5 Å². The zero-order chi connectivity index (χ0) is 14.3. The second kappa shape index (κ2) is 4.67. The van der Waals surface area contributed by atoms with Gasteiger partial charge in [0.25, 0.3) is 5.91 Å². The minimum absolute atomic E-state index is 0.0584. The van der Waals surface area contributed by atoms with E-state index < -0.39 is 5.97 Å². The Bertz CT molecular complexity index is 682. The largest absolute Gasteiger partial charge is 0.481 e. The third kappa shape index (κ3) is 2.27. The van der Waals surface area contributed by atoms with E-state index in [-0.39, 0.29) is 18.2 Å². The zero-order valence-electron chi connectivity index (χ0n) is 11.1. The van der Waals surface area contributed by atoms with Crippen LogP contribution in [0.2, 0.25) is 0 Å². The van der Waals surface area contributed by atoms with Crippen LogP contribution in [0.25, 0.3) is 11.0 Å². The molecule has 1 aliphatic rings. The van der Waals surface area contributed by atoms with Crippen molar-refractivity contribution in [2.75, 3.05) is 13.1 Å². The molecule has 1 aromatic carbocycles. The standard InChI is InChI=1S/C15H15NO4/c1-9-2-3-12-11(4-9)6-13(20-12)15(19)16-7-10(8-16)5-14(17)18/h2-4,6,10H,5,7-8H2,1H3,(H,17,18). The van der Waals surface area contributed by atoms with E-state index in [4.69, 9.17) is 9.52 Å². The molecule has 5 heteroatoms. The van der Waals surface area contributed by atoms with Crippen molar-refractivity contribution in [3.63, 3.8) is 0 Å². The summed E-state index contributed by atoms with van der Waals surface area (Å²) in [5.41, 5.74) is 1.81. The van der Waals surface area contributed by atoms with Gasteiger partial charge in [-0.15, -0.1) is 0 Å². The number of nitrogens with zero attached hydrogens (tertiary/aromatic N) is 1. The van der Waals surface area contributed by atoms with Gasteiger partial charge in [0.15, 0.2) is 5.76 Å². The van der Waals surface area contributed by atoms with Crippen LogP contribution in [-0.4, -0.2) is 35.0 Å². The minimum Gasteiger partial charge on any atom is -0.481 e. The summed E-state index contributed by atoms with van der Waals surface area (Å²) in [6.07, 6.45) is 0.114. The number of rotatable bonds is 3. The van der Waals surface area contributed by atoms with E-state index in [9.17, 15) is 9.59 Å². The first-order valence-corrected chi connectivity index (χ1v) is 6.54. The first-order valence-electron chi connectivity index (χ1n) is 6.54. The second-order valence-electron chi connectivity index (χ2n) is 5.33. The molecule has 0 saturated carbocycles. The fourth-order valence-electron chi connectivity index (χ4n) is 2.54. The van der Waals surface area contributed by atoms with Gasteiger partial charge in [-0.2, -0.15) is 0 Å². The molecule has 0 bridgehead atoms. The molecule has 2 aromatic rings. The summed E-state index contributed by atoms with van der Waals surface area (Å²) in [6.45, 7) is 2.96. The maximum Gasteiger partial charge on any atom is 0.303 e. The molecule has 1 fully saturated rings. The van der Waals surface area contributed by atoms with Crippen molar-refractivity contribution in [2.45, 2.75) is 13.3 Å². The van der Waals surface area contributed by atoms with Crippen molar-refractivity contribution in [3.8, 4) is 0 Å². The van der Waals surface area contributed by atoms with E-state index in [2.05, 4.69) is 0 Å². The Morgan fingerprint density at radius 2 is 2.10 bits per heavy atom. The SMILES string of the molecule is Cc1ccc2oc(C(=O)N3CC(CC(=O)O)C3)cc2c1. The van der Waals surface area contributed by atoms with Gasteiger partial charge in [-0.1, -0.05) is 11.6 Å². The molecule has 0 spiro atoms. The van der Waals surface area contributed by atoms with Crippen LogP contribution >= 0.6 is 0 Å². The molecule has 0 aliphatic carbocycles. The number of carbonyl (C=O) groups excluding carboxylic acids is 1. The molecule has 1 aliphatic heterocycles. The van der Waals surface area contributed by atoms with Gasteiger partial charge in [0, 0.05) is 24.4 Å². The van der Waals surface area contributed by atoms with Gasteiger partial charge in [0.05, 0.1) is 6.42 Å².